The molecule has 0 atom stereocenters. The molecule has 0 aromatic heterocycles. The molecule has 2 rings (SSSR count). The molecule has 15 heavy (non-hydrogen) atoms. The third-order valence-corrected chi connectivity index (χ3v) is 2.81. The van der Waals surface area contributed by atoms with Gasteiger partial charge < -0.3 is 4.90 Å². The van der Waals surface area contributed by atoms with Gasteiger partial charge in [0.1, 0.15) is 0 Å². The van der Waals surface area contributed by atoms with Gasteiger partial charge in [0.25, 0.3) is 0 Å². The van der Waals surface area contributed by atoms with Crippen LogP contribution in [0.25, 0.3) is 10.8 Å². The van der Waals surface area contributed by atoms with Crippen molar-refractivity contribution in [3.63, 3.8) is 0 Å². The van der Waals surface area contributed by atoms with E-state index in [1.165, 1.54) is 22.0 Å². The summed E-state index contributed by atoms with van der Waals surface area (Å²) in [4.78, 5) is 2.13. The van der Waals surface area contributed by atoms with Crippen molar-refractivity contribution in [2.24, 2.45) is 0 Å². The molecule has 2 aromatic rings. The number of aryl methyl sites for hydroxylation is 1. The van der Waals surface area contributed by atoms with Crippen molar-refractivity contribution in [2.75, 3.05) is 19.0 Å². The van der Waals surface area contributed by atoms with Gasteiger partial charge in [-0.05, 0) is 34.9 Å². The van der Waals surface area contributed by atoms with Crippen molar-refractivity contribution in [1.29, 1.82) is 0 Å². The number of nitrogens with zero attached hydrogens (tertiary/aromatic N) is 1. The van der Waals surface area contributed by atoms with Gasteiger partial charge in [-0.3, -0.25) is 0 Å². The van der Waals surface area contributed by atoms with Crippen molar-refractivity contribution in [3.05, 3.63) is 42.0 Å². The van der Waals surface area contributed by atoms with Crippen LogP contribution in [-0.4, -0.2) is 14.1 Å². The summed E-state index contributed by atoms with van der Waals surface area (Å²) in [7, 11) is 4.14. The number of anilines is 1. The lowest BCUT2D eigenvalue weighted by molar-refractivity contribution is 1.13. The summed E-state index contributed by atoms with van der Waals surface area (Å²) in [5.41, 5.74) is 2.66. The van der Waals surface area contributed by atoms with E-state index in [1.807, 2.05) is 0 Å². The Hall–Kier alpha value is -1.50. The smallest absolute Gasteiger partial charge is 0.0367 e. The minimum atomic E-state index is 1.10. The molecular weight excluding hydrogens is 182 g/mol. The SMILES string of the molecule is CCc1ccc2cc(N(C)C)ccc2c1. The van der Waals surface area contributed by atoms with Gasteiger partial charge in [-0.1, -0.05) is 31.2 Å². The summed E-state index contributed by atoms with van der Waals surface area (Å²) >= 11 is 0. The van der Waals surface area contributed by atoms with E-state index in [2.05, 4.69) is 62.3 Å². The summed E-state index contributed by atoms with van der Waals surface area (Å²) in [6.07, 6.45) is 1.10. The molecule has 0 amide bonds. The Morgan fingerprint density at radius 3 is 2.27 bits per heavy atom. The van der Waals surface area contributed by atoms with Gasteiger partial charge >= 0.3 is 0 Å². The number of benzene rings is 2. The molecule has 0 aliphatic heterocycles. The van der Waals surface area contributed by atoms with E-state index in [0.29, 0.717) is 0 Å². The van der Waals surface area contributed by atoms with E-state index in [9.17, 15) is 0 Å². The van der Waals surface area contributed by atoms with E-state index in [-0.39, 0.29) is 0 Å². The fraction of sp³-hybridized carbons (Fsp3) is 0.286. The molecule has 78 valence electrons. The molecule has 2 aromatic carbocycles. The molecule has 0 heterocycles. The molecule has 1 nitrogen and oxygen atoms in total. The molecule has 0 fully saturated rings. The number of rotatable bonds is 2. The van der Waals surface area contributed by atoms with Gasteiger partial charge in [-0.15, -0.1) is 0 Å². The summed E-state index contributed by atoms with van der Waals surface area (Å²) in [5, 5.41) is 2.65. The summed E-state index contributed by atoms with van der Waals surface area (Å²) in [5.74, 6) is 0. The molecule has 0 radical (unpaired) electrons. The van der Waals surface area contributed by atoms with Gasteiger partial charge in [0, 0.05) is 19.8 Å². The Labute approximate surface area is 91.3 Å². The highest BCUT2D eigenvalue weighted by molar-refractivity contribution is 5.86. The van der Waals surface area contributed by atoms with Crippen LogP contribution in [0.4, 0.5) is 5.69 Å². The zero-order valence-corrected chi connectivity index (χ0v) is 9.62. The molecule has 0 saturated heterocycles. The molecule has 0 spiro atoms. The average Bonchev–Trinajstić information content (AvgIpc) is 2.27. The third kappa shape index (κ3) is 1.96. The highest BCUT2D eigenvalue weighted by Crippen LogP contribution is 2.22. The summed E-state index contributed by atoms with van der Waals surface area (Å²) in [6.45, 7) is 2.19. The van der Waals surface area contributed by atoms with Crippen LogP contribution in [0.15, 0.2) is 36.4 Å². The minimum Gasteiger partial charge on any atom is -0.378 e. The largest absolute Gasteiger partial charge is 0.378 e. The van der Waals surface area contributed by atoms with Crippen LogP contribution >= 0.6 is 0 Å². The lowest BCUT2D eigenvalue weighted by Gasteiger charge is -2.13. The van der Waals surface area contributed by atoms with Gasteiger partial charge in [-0.2, -0.15) is 0 Å². The van der Waals surface area contributed by atoms with Crippen LogP contribution in [0.2, 0.25) is 0 Å². The summed E-state index contributed by atoms with van der Waals surface area (Å²) in [6, 6.07) is 13.3. The molecule has 0 aliphatic carbocycles. The van der Waals surface area contributed by atoms with Crippen LogP contribution in [-0.2, 0) is 6.42 Å². The van der Waals surface area contributed by atoms with Crippen LogP contribution < -0.4 is 4.90 Å². The first-order valence-electron chi connectivity index (χ1n) is 5.40. The standard InChI is InChI=1S/C14H17N/c1-4-11-5-6-13-10-14(15(2)3)8-7-12(13)9-11/h5-10H,4H2,1-3H3. The zero-order valence-electron chi connectivity index (χ0n) is 9.62. The molecular formula is C14H17N. The van der Waals surface area contributed by atoms with Crippen molar-refractivity contribution in [2.45, 2.75) is 13.3 Å². The van der Waals surface area contributed by atoms with E-state index in [1.54, 1.807) is 0 Å². The van der Waals surface area contributed by atoms with E-state index in [0.717, 1.165) is 6.42 Å². The topological polar surface area (TPSA) is 3.24 Å². The summed E-state index contributed by atoms with van der Waals surface area (Å²) < 4.78 is 0. The number of fused-ring (bicyclic) bond motifs is 1. The lowest BCUT2D eigenvalue weighted by Crippen LogP contribution is -2.07. The molecule has 0 aliphatic rings. The van der Waals surface area contributed by atoms with E-state index >= 15 is 0 Å². The van der Waals surface area contributed by atoms with Gasteiger partial charge in [0.15, 0.2) is 0 Å². The second kappa shape index (κ2) is 3.93. The van der Waals surface area contributed by atoms with Crippen molar-refractivity contribution < 1.29 is 0 Å². The first-order valence-corrected chi connectivity index (χ1v) is 5.40. The second-order valence-corrected chi connectivity index (χ2v) is 4.11. The Morgan fingerprint density at radius 2 is 1.60 bits per heavy atom. The predicted molar refractivity (Wildman–Crippen MR) is 67.7 cm³/mol. The molecule has 0 saturated carbocycles. The third-order valence-electron chi connectivity index (χ3n) is 2.81. The maximum Gasteiger partial charge on any atom is 0.0367 e. The molecule has 1 heteroatoms. The molecule has 0 unspecified atom stereocenters. The average molecular weight is 199 g/mol. The maximum absolute atomic E-state index is 2.27. The zero-order chi connectivity index (χ0) is 10.8. The predicted octanol–water partition coefficient (Wildman–Crippen LogP) is 3.47. The highest BCUT2D eigenvalue weighted by atomic mass is 15.1. The second-order valence-electron chi connectivity index (χ2n) is 4.11. The van der Waals surface area contributed by atoms with E-state index in [4.69, 9.17) is 0 Å². The highest BCUT2D eigenvalue weighted by Gasteiger charge is 1.98. The molecule has 0 bridgehead atoms. The quantitative estimate of drug-likeness (QED) is 0.716. The van der Waals surface area contributed by atoms with Gasteiger partial charge in [0.2, 0.25) is 0 Å². The lowest BCUT2D eigenvalue weighted by atomic mass is 10.0. The van der Waals surface area contributed by atoms with Crippen LogP contribution in [0.3, 0.4) is 0 Å². The number of hydrogen-bond donors (Lipinski definition) is 0. The Bertz CT molecular complexity index is 472. The Morgan fingerprint density at radius 1 is 0.933 bits per heavy atom. The maximum atomic E-state index is 2.27. The Kier molecular flexibility index (Phi) is 2.63. The van der Waals surface area contributed by atoms with Crippen LogP contribution in [0.1, 0.15) is 12.5 Å². The van der Waals surface area contributed by atoms with Crippen molar-refractivity contribution >= 4 is 16.5 Å². The van der Waals surface area contributed by atoms with Crippen molar-refractivity contribution in [3.8, 4) is 0 Å². The monoisotopic (exact) mass is 199 g/mol. The number of hydrogen-bond acceptors (Lipinski definition) is 1. The first kappa shape index (κ1) is 10.0. The Balaban J connectivity index is 2.55. The first-order chi connectivity index (χ1) is 7.20. The van der Waals surface area contributed by atoms with E-state index < -0.39 is 0 Å². The molecule has 0 N–H and O–H groups in total. The van der Waals surface area contributed by atoms with Crippen LogP contribution in [0, 0.1) is 0 Å². The fourth-order valence-corrected chi connectivity index (χ4v) is 1.78. The van der Waals surface area contributed by atoms with Gasteiger partial charge in [-0.25, -0.2) is 0 Å². The normalized spacial score (nSPS) is 10.6. The van der Waals surface area contributed by atoms with Crippen molar-refractivity contribution in [1.82, 2.24) is 0 Å². The van der Waals surface area contributed by atoms with Gasteiger partial charge in [0.05, 0.1) is 0 Å². The minimum absolute atomic E-state index is 1.10. The van der Waals surface area contributed by atoms with Crippen LogP contribution in [0.5, 0.6) is 0 Å². The fourth-order valence-electron chi connectivity index (χ4n) is 1.78.